The smallest absolute Gasteiger partial charge is 0.220 e. The van der Waals surface area contributed by atoms with Gasteiger partial charge in [0.1, 0.15) is 0 Å². The molecule has 1 aliphatic heterocycles. The van der Waals surface area contributed by atoms with Gasteiger partial charge >= 0.3 is 0 Å². The Bertz CT molecular complexity index is 954. The molecule has 2 aromatic carbocycles. The zero-order valence-corrected chi connectivity index (χ0v) is 14.8. The van der Waals surface area contributed by atoms with E-state index in [9.17, 15) is 27.2 Å². The van der Waals surface area contributed by atoms with Crippen molar-refractivity contribution in [1.29, 1.82) is 0 Å². The van der Waals surface area contributed by atoms with Crippen LogP contribution in [0.15, 0.2) is 47.5 Å². The average Bonchev–Trinajstić information content (AvgIpc) is 2.64. The summed E-state index contributed by atoms with van der Waals surface area (Å²) in [5.74, 6) is -4.84. The molecule has 1 aliphatic rings. The van der Waals surface area contributed by atoms with Crippen molar-refractivity contribution in [3.05, 3.63) is 81.9 Å². The van der Waals surface area contributed by atoms with Crippen LogP contribution in [-0.2, 0) is 9.59 Å². The third kappa shape index (κ3) is 4.19. The molecule has 1 fully saturated rings. The third-order valence-electron chi connectivity index (χ3n) is 4.32. The lowest BCUT2D eigenvalue weighted by molar-refractivity contribution is -0.129. The summed E-state index contributed by atoms with van der Waals surface area (Å²) in [5.41, 5.74) is 0.919. The molecule has 0 aliphatic carbocycles. The second-order valence-corrected chi connectivity index (χ2v) is 6.39. The number of carbonyl (C=O) groups excluding carboxylic acids is 2. The van der Waals surface area contributed by atoms with Crippen molar-refractivity contribution in [2.75, 3.05) is 13.1 Å². The molecule has 144 valence electrons. The Hall–Kier alpha value is -3.22. The van der Waals surface area contributed by atoms with Gasteiger partial charge in [0, 0.05) is 31.2 Å². The molecule has 0 spiro atoms. The van der Waals surface area contributed by atoms with Gasteiger partial charge in [0.15, 0.2) is 29.1 Å². The third-order valence-corrected chi connectivity index (χ3v) is 4.32. The van der Waals surface area contributed by atoms with Crippen molar-refractivity contribution in [2.24, 2.45) is 0 Å². The molecule has 0 aromatic heterocycles. The number of halogens is 4. The van der Waals surface area contributed by atoms with Crippen LogP contribution in [0.1, 0.15) is 18.1 Å². The summed E-state index contributed by atoms with van der Waals surface area (Å²) in [6.45, 7) is 1.34. The minimum atomic E-state index is -1.06. The van der Waals surface area contributed by atoms with Crippen LogP contribution in [0.3, 0.4) is 0 Å². The van der Waals surface area contributed by atoms with Crippen molar-refractivity contribution in [1.82, 2.24) is 4.90 Å². The summed E-state index contributed by atoms with van der Waals surface area (Å²) in [4.78, 5) is 26.0. The standard InChI is InChI=1S/C21H15F4NO2/c1-12(27)26-10-15(6-13-2-4-17(22)19(24)8-13)21(28)16(11-26)7-14-3-5-18(23)20(25)9-14/h2-9H,10-11H2,1H3/b15-6-,16-7+. The number of carbonyl (C=O) groups is 2. The van der Waals surface area contributed by atoms with Crippen LogP contribution in [-0.4, -0.2) is 29.7 Å². The molecule has 0 bridgehead atoms. The Morgan fingerprint density at radius 1 is 0.821 bits per heavy atom. The zero-order valence-electron chi connectivity index (χ0n) is 14.8. The summed E-state index contributed by atoms with van der Waals surface area (Å²) >= 11 is 0. The summed E-state index contributed by atoms with van der Waals surface area (Å²) < 4.78 is 53.1. The van der Waals surface area contributed by atoms with Gasteiger partial charge in [-0.05, 0) is 47.5 Å². The van der Waals surface area contributed by atoms with E-state index >= 15 is 0 Å². The quantitative estimate of drug-likeness (QED) is 0.572. The van der Waals surface area contributed by atoms with Gasteiger partial charge in [-0.15, -0.1) is 0 Å². The van der Waals surface area contributed by atoms with Crippen LogP contribution < -0.4 is 0 Å². The number of Topliss-reactive ketones (excluding diaryl/α,β-unsaturated/α-hetero) is 1. The first-order chi connectivity index (χ1) is 13.2. The fourth-order valence-corrected chi connectivity index (χ4v) is 2.87. The maximum absolute atomic E-state index is 13.4. The van der Waals surface area contributed by atoms with E-state index in [2.05, 4.69) is 0 Å². The maximum atomic E-state index is 13.4. The Labute approximate surface area is 158 Å². The number of rotatable bonds is 2. The lowest BCUT2D eigenvalue weighted by atomic mass is 9.94. The minimum absolute atomic E-state index is 0.00226. The Morgan fingerprint density at radius 3 is 1.61 bits per heavy atom. The lowest BCUT2D eigenvalue weighted by Gasteiger charge is -2.29. The second-order valence-electron chi connectivity index (χ2n) is 6.39. The van der Waals surface area contributed by atoms with Crippen molar-refractivity contribution >= 4 is 23.8 Å². The molecule has 2 aromatic rings. The molecular weight excluding hydrogens is 374 g/mol. The van der Waals surface area contributed by atoms with Crippen LogP contribution >= 0.6 is 0 Å². The molecule has 3 rings (SSSR count). The summed E-state index contributed by atoms with van der Waals surface area (Å²) in [6, 6.07) is 6.39. The largest absolute Gasteiger partial charge is 0.334 e. The summed E-state index contributed by atoms with van der Waals surface area (Å²) in [6.07, 6.45) is 2.75. The fraction of sp³-hybridized carbons (Fsp3) is 0.143. The van der Waals surface area contributed by atoms with Gasteiger partial charge in [0.25, 0.3) is 0 Å². The molecule has 0 N–H and O–H groups in total. The van der Waals surface area contributed by atoms with Gasteiger partial charge in [-0.25, -0.2) is 17.6 Å². The minimum Gasteiger partial charge on any atom is -0.334 e. The van der Waals surface area contributed by atoms with Crippen molar-refractivity contribution in [3.63, 3.8) is 0 Å². The monoisotopic (exact) mass is 389 g/mol. The van der Waals surface area contributed by atoms with Gasteiger partial charge in [-0.3, -0.25) is 9.59 Å². The molecule has 0 saturated carbocycles. The van der Waals surface area contributed by atoms with E-state index in [1.807, 2.05) is 0 Å². The summed E-state index contributed by atoms with van der Waals surface area (Å²) in [5, 5.41) is 0. The molecular formula is C21H15F4NO2. The number of hydrogen-bond donors (Lipinski definition) is 0. The van der Waals surface area contributed by atoms with Gasteiger partial charge in [0.05, 0.1) is 0 Å². The SMILES string of the molecule is CC(=O)N1C/C(=C/c2ccc(F)c(F)c2)C(=O)/C(=C/c2ccc(F)c(F)c2)C1. The number of nitrogens with zero attached hydrogens (tertiary/aromatic N) is 1. The van der Waals surface area contributed by atoms with E-state index in [1.54, 1.807) is 0 Å². The van der Waals surface area contributed by atoms with Crippen molar-refractivity contribution in [3.8, 4) is 0 Å². The Balaban J connectivity index is 2.01. The van der Waals surface area contributed by atoms with E-state index in [1.165, 1.54) is 36.1 Å². The van der Waals surface area contributed by atoms with Crippen LogP contribution in [0.5, 0.6) is 0 Å². The highest BCUT2D eigenvalue weighted by Crippen LogP contribution is 2.23. The number of piperidine rings is 1. The van der Waals surface area contributed by atoms with E-state index in [-0.39, 0.29) is 41.3 Å². The first-order valence-corrected chi connectivity index (χ1v) is 8.36. The first kappa shape index (κ1) is 19.5. The van der Waals surface area contributed by atoms with Gasteiger partial charge in [-0.2, -0.15) is 0 Å². The Kier molecular flexibility index (Phi) is 5.44. The van der Waals surface area contributed by atoms with Gasteiger partial charge in [0.2, 0.25) is 5.91 Å². The predicted octanol–water partition coefficient (Wildman–Crippen LogP) is 4.14. The molecule has 0 radical (unpaired) electrons. The molecule has 0 atom stereocenters. The first-order valence-electron chi connectivity index (χ1n) is 8.36. The number of hydrogen-bond acceptors (Lipinski definition) is 2. The number of amides is 1. The molecule has 0 unspecified atom stereocenters. The summed E-state index contributed by atoms with van der Waals surface area (Å²) in [7, 11) is 0. The van der Waals surface area contributed by atoms with E-state index in [4.69, 9.17) is 0 Å². The van der Waals surface area contributed by atoms with E-state index < -0.39 is 29.1 Å². The van der Waals surface area contributed by atoms with Crippen LogP contribution in [0, 0.1) is 23.3 Å². The van der Waals surface area contributed by atoms with Crippen molar-refractivity contribution in [2.45, 2.75) is 6.92 Å². The van der Waals surface area contributed by atoms with E-state index in [0.29, 0.717) is 0 Å². The maximum Gasteiger partial charge on any atom is 0.220 e. The molecule has 28 heavy (non-hydrogen) atoms. The lowest BCUT2D eigenvalue weighted by Crippen LogP contribution is -2.40. The van der Waals surface area contributed by atoms with Gasteiger partial charge in [-0.1, -0.05) is 12.1 Å². The average molecular weight is 389 g/mol. The molecule has 1 heterocycles. The highest BCUT2D eigenvalue weighted by Gasteiger charge is 2.27. The van der Waals surface area contributed by atoms with Crippen LogP contribution in [0.2, 0.25) is 0 Å². The number of likely N-dealkylation sites (tertiary alicyclic amines) is 1. The number of ketones is 1. The predicted molar refractivity (Wildman–Crippen MR) is 95.9 cm³/mol. The molecule has 1 amide bonds. The van der Waals surface area contributed by atoms with Crippen LogP contribution in [0.4, 0.5) is 17.6 Å². The van der Waals surface area contributed by atoms with E-state index in [0.717, 1.165) is 24.3 Å². The molecule has 3 nitrogen and oxygen atoms in total. The van der Waals surface area contributed by atoms with Gasteiger partial charge < -0.3 is 4.90 Å². The normalized spacial score (nSPS) is 17.5. The number of benzene rings is 2. The zero-order chi connectivity index (χ0) is 20.4. The fourth-order valence-electron chi connectivity index (χ4n) is 2.87. The molecule has 1 saturated heterocycles. The topological polar surface area (TPSA) is 37.4 Å². The highest BCUT2D eigenvalue weighted by molar-refractivity contribution is 6.15. The second kappa shape index (κ2) is 7.80. The Morgan fingerprint density at radius 2 is 1.25 bits per heavy atom. The van der Waals surface area contributed by atoms with Crippen LogP contribution in [0.25, 0.3) is 12.2 Å². The van der Waals surface area contributed by atoms with Crippen molar-refractivity contribution < 1.29 is 27.2 Å². The molecule has 7 heteroatoms. The highest BCUT2D eigenvalue weighted by atomic mass is 19.2.